The fraction of sp³-hybridized carbons (Fsp3) is 0.438. The summed E-state index contributed by atoms with van der Waals surface area (Å²) in [7, 11) is 1.58. The van der Waals surface area contributed by atoms with Crippen molar-refractivity contribution in [3.63, 3.8) is 0 Å². The molecule has 114 valence electrons. The van der Waals surface area contributed by atoms with Gasteiger partial charge < -0.3 is 14.6 Å². The lowest BCUT2D eigenvalue weighted by molar-refractivity contribution is 0.202. The Hall–Kier alpha value is -2.01. The van der Waals surface area contributed by atoms with Crippen molar-refractivity contribution in [1.82, 2.24) is 9.78 Å². The van der Waals surface area contributed by atoms with Gasteiger partial charge in [-0.25, -0.2) is 0 Å². The maximum atomic E-state index is 10.7. The molecule has 0 aliphatic heterocycles. The van der Waals surface area contributed by atoms with Crippen LogP contribution in [0.2, 0.25) is 0 Å². The molecule has 1 N–H and O–H groups in total. The SMILES string of the molecule is CCCOc1cccc(C(O)c2c(OC)cnn2CC)c1. The number of rotatable bonds is 7. The summed E-state index contributed by atoms with van der Waals surface area (Å²) in [4.78, 5) is 0. The van der Waals surface area contributed by atoms with Gasteiger partial charge in [0, 0.05) is 6.54 Å². The van der Waals surface area contributed by atoms with Crippen molar-refractivity contribution in [1.29, 1.82) is 0 Å². The summed E-state index contributed by atoms with van der Waals surface area (Å²) in [6, 6.07) is 7.49. The van der Waals surface area contributed by atoms with Gasteiger partial charge in [0.15, 0.2) is 5.75 Å². The van der Waals surface area contributed by atoms with Crippen molar-refractivity contribution in [3.05, 3.63) is 41.7 Å². The molecule has 0 aliphatic carbocycles. The molecule has 1 aromatic carbocycles. The van der Waals surface area contributed by atoms with Crippen LogP contribution in [0.4, 0.5) is 0 Å². The van der Waals surface area contributed by atoms with Gasteiger partial charge in [0.2, 0.25) is 0 Å². The van der Waals surface area contributed by atoms with Crippen LogP contribution in [0.5, 0.6) is 11.5 Å². The normalized spacial score (nSPS) is 12.2. The maximum absolute atomic E-state index is 10.7. The molecule has 1 atom stereocenters. The number of hydrogen-bond donors (Lipinski definition) is 1. The Balaban J connectivity index is 2.31. The summed E-state index contributed by atoms with van der Waals surface area (Å²) in [5.74, 6) is 1.35. The Bertz CT molecular complexity index is 559. The zero-order valence-electron chi connectivity index (χ0n) is 12.7. The third-order valence-corrected chi connectivity index (χ3v) is 3.27. The highest BCUT2D eigenvalue weighted by atomic mass is 16.5. The topological polar surface area (TPSA) is 56.5 Å². The number of methoxy groups -OCH3 is 1. The van der Waals surface area contributed by atoms with Crippen molar-refractivity contribution in [2.24, 2.45) is 0 Å². The summed E-state index contributed by atoms with van der Waals surface area (Å²) < 4.78 is 12.6. The third-order valence-electron chi connectivity index (χ3n) is 3.27. The van der Waals surface area contributed by atoms with Crippen LogP contribution >= 0.6 is 0 Å². The quantitative estimate of drug-likeness (QED) is 0.852. The molecular weight excluding hydrogens is 268 g/mol. The minimum atomic E-state index is -0.799. The highest BCUT2D eigenvalue weighted by Gasteiger charge is 2.21. The molecule has 0 fully saturated rings. The van der Waals surface area contributed by atoms with Gasteiger partial charge in [0.25, 0.3) is 0 Å². The molecule has 0 spiro atoms. The van der Waals surface area contributed by atoms with E-state index in [0.29, 0.717) is 24.6 Å². The van der Waals surface area contributed by atoms with Crippen LogP contribution in [0.1, 0.15) is 37.6 Å². The van der Waals surface area contributed by atoms with Gasteiger partial charge in [0.05, 0.1) is 19.9 Å². The second kappa shape index (κ2) is 7.13. The molecular formula is C16H22N2O3. The van der Waals surface area contributed by atoms with Gasteiger partial charge in [-0.2, -0.15) is 5.10 Å². The highest BCUT2D eigenvalue weighted by molar-refractivity contribution is 5.38. The summed E-state index contributed by atoms with van der Waals surface area (Å²) >= 11 is 0. The van der Waals surface area contributed by atoms with E-state index in [1.54, 1.807) is 18.0 Å². The molecule has 2 rings (SSSR count). The smallest absolute Gasteiger partial charge is 0.163 e. The second-order valence-electron chi connectivity index (χ2n) is 4.74. The third kappa shape index (κ3) is 3.36. The Labute approximate surface area is 125 Å². The Morgan fingerprint density at radius 1 is 1.33 bits per heavy atom. The molecule has 0 amide bonds. The van der Waals surface area contributed by atoms with Gasteiger partial charge in [-0.05, 0) is 31.0 Å². The van der Waals surface area contributed by atoms with Gasteiger partial charge in [-0.15, -0.1) is 0 Å². The number of aryl methyl sites for hydroxylation is 1. The molecule has 0 radical (unpaired) electrons. The van der Waals surface area contributed by atoms with Crippen molar-refractivity contribution in [2.75, 3.05) is 13.7 Å². The Morgan fingerprint density at radius 2 is 2.14 bits per heavy atom. The average molecular weight is 290 g/mol. The zero-order valence-corrected chi connectivity index (χ0v) is 12.7. The number of hydrogen-bond acceptors (Lipinski definition) is 4. The van der Waals surface area contributed by atoms with E-state index in [-0.39, 0.29) is 0 Å². The molecule has 0 saturated carbocycles. The molecule has 1 aromatic heterocycles. The zero-order chi connectivity index (χ0) is 15.2. The lowest BCUT2D eigenvalue weighted by Gasteiger charge is -2.15. The van der Waals surface area contributed by atoms with E-state index in [1.807, 2.05) is 31.2 Å². The van der Waals surface area contributed by atoms with Gasteiger partial charge in [-0.1, -0.05) is 19.1 Å². The van der Waals surface area contributed by atoms with Crippen LogP contribution in [0.15, 0.2) is 30.5 Å². The molecule has 21 heavy (non-hydrogen) atoms. The molecule has 1 unspecified atom stereocenters. The highest BCUT2D eigenvalue weighted by Crippen LogP contribution is 2.31. The van der Waals surface area contributed by atoms with E-state index >= 15 is 0 Å². The van der Waals surface area contributed by atoms with Crippen molar-refractivity contribution < 1.29 is 14.6 Å². The molecule has 1 heterocycles. The molecule has 5 heteroatoms. The van der Waals surface area contributed by atoms with Gasteiger partial charge in [-0.3, -0.25) is 4.68 Å². The van der Waals surface area contributed by atoms with Crippen molar-refractivity contribution >= 4 is 0 Å². The summed E-state index contributed by atoms with van der Waals surface area (Å²) in [6.07, 6.45) is 1.77. The maximum Gasteiger partial charge on any atom is 0.163 e. The Kier molecular flexibility index (Phi) is 5.22. The first-order chi connectivity index (χ1) is 10.2. The second-order valence-corrected chi connectivity index (χ2v) is 4.74. The van der Waals surface area contributed by atoms with Crippen LogP contribution in [-0.2, 0) is 6.54 Å². The lowest BCUT2D eigenvalue weighted by Crippen LogP contribution is -2.10. The number of nitrogens with zero attached hydrogens (tertiary/aromatic N) is 2. The van der Waals surface area contributed by atoms with Crippen LogP contribution < -0.4 is 9.47 Å². The number of aromatic nitrogens is 2. The lowest BCUT2D eigenvalue weighted by atomic mass is 10.1. The van der Waals surface area contributed by atoms with E-state index < -0.39 is 6.10 Å². The monoisotopic (exact) mass is 290 g/mol. The largest absolute Gasteiger partial charge is 0.494 e. The minimum absolute atomic E-state index is 0.587. The van der Waals surface area contributed by atoms with E-state index in [2.05, 4.69) is 12.0 Å². The van der Waals surface area contributed by atoms with Crippen LogP contribution in [0.25, 0.3) is 0 Å². The van der Waals surface area contributed by atoms with Crippen molar-refractivity contribution in [2.45, 2.75) is 32.9 Å². The summed E-state index contributed by atoms with van der Waals surface area (Å²) in [6.45, 7) is 5.37. The number of aliphatic hydroxyl groups is 1. The molecule has 2 aromatic rings. The first-order valence-electron chi connectivity index (χ1n) is 7.21. The van der Waals surface area contributed by atoms with Crippen LogP contribution in [0, 0.1) is 0 Å². The van der Waals surface area contributed by atoms with E-state index in [1.165, 1.54) is 0 Å². The van der Waals surface area contributed by atoms with Crippen LogP contribution in [-0.4, -0.2) is 28.6 Å². The minimum Gasteiger partial charge on any atom is -0.494 e. The predicted molar refractivity (Wildman–Crippen MR) is 80.7 cm³/mol. The molecule has 0 aliphatic rings. The first kappa shape index (κ1) is 15.4. The summed E-state index contributed by atoms with van der Waals surface area (Å²) in [5.41, 5.74) is 1.42. The molecule has 0 bridgehead atoms. The Morgan fingerprint density at radius 3 is 2.81 bits per heavy atom. The first-order valence-corrected chi connectivity index (χ1v) is 7.21. The van der Waals surface area contributed by atoms with Crippen molar-refractivity contribution in [3.8, 4) is 11.5 Å². The molecule has 5 nitrogen and oxygen atoms in total. The van der Waals surface area contributed by atoms with E-state index in [0.717, 1.165) is 17.7 Å². The number of aliphatic hydroxyl groups excluding tert-OH is 1. The molecule has 0 saturated heterocycles. The fourth-order valence-corrected chi connectivity index (χ4v) is 2.22. The van der Waals surface area contributed by atoms with Gasteiger partial charge in [0.1, 0.15) is 17.5 Å². The van der Waals surface area contributed by atoms with Gasteiger partial charge >= 0.3 is 0 Å². The number of ether oxygens (including phenoxy) is 2. The fourth-order valence-electron chi connectivity index (χ4n) is 2.22. The predicted octanol–water partition coefficient (Wildman–Crippen LogP) is 2.78. The summed E-state index contributed by atoms with van der Waals surface area (Å²) in [5, 5.41) is 14.9. The van der Waals surface area contributed by atoms with Crippen LogP contribution in [0.3, 0.4) is 0 Å². The average Bonchev–Trinajstić information content (AvgIpc) is 2.95. The van der Waals surface area contributed by atoms with E-state index in [4.69, 9.17) is 9.47 Å². The number of benzene rings is 1. The van der Waals surface area contributed by atoms with E-state index in [9.17, 15) is 5.11 Å². The standard InChI is InChI=1S/C16H22N2O3/c1-4-9-21-13-8-6-7-12(10-13)16(19)15-14(20-3)11-17-18(15)5-2/h6-8,10-11,16,19H,4-5,9H2,1-3H3.